The molecule has 2 aromatic heterocycles. The van der Waals surface area contributed by atoms with Gasteiger partial charge in [-0.1, -0.05) is 51.1 Å². The number of nitrogens with one attached hydrogen (secondary N) is 5. The number of aliphatic hydroxyl groups excluding tert-OH is 1. The van der Waals surface area contributed by atoms with E-state index in [1.54, 1.807) is 49.8 Å². The molecule has 4 heterocycles. The number of aromatic amines is 1. The molecule has 0 spiro atoms. The van der Waals surface area contributed by atoms with Crippen LogP contribution < -0.4 is 31.7 Å². The van der Waals surface area contributed by atoms with Gasteiger partial charge < -0.3 is 50.6 Å². The molecule has 7 rings (SSSR count). The third-order valence-corrected chi connectivity index (χ3v) is 14.8. The highest BCUT2D eigenvalue weighted by Crippen LogP contribution is 2.37. The van der Waals surface area contributed by atoms with Crippen LogP contribution in [0.5, 0.6) is 0 Å². The second kappa shape index (κ2) is 25.2. The lowest BCUT2D eigenvalue weighted by molar-refractivity contribution is -0.144. The van der Waals surface area contributed by atoms with E-state index in [-0.39, 0.29) is 80.3 Å². The van der Waals surface area contributed by atoms with Crippen molar-refractivity contribution in [2.24, 2.45) is 5.41 Å². The van der Waals surface area contributed by atoms with Gasteiger partial charge in [0.15, 0.2) is 0 Å². The number of hydrogen-bond donors (Lipinski definition) is 6. The summed E-state index contributed by atoms with van der Waals surface area (Å²) in [6.07, 6.45) is -5.23. The fourth-order valence-electron chi connectivity index (χ4n) is 9.36. The zero-order chi connectivity index (χ0) is 56.6. The number of hydrogen-bond acceptors (Lipinski definition) is 13. The van der Waals surface area contributed by atoms with Crippen LogP contribution in [0.25, 0.3) is 21.6 Å². The number of rotatable bonds is 19. The Hall–Kier alpha value is -7.05. The maximum atomic E-state index is 15.6. The van der Waals surface area contributed by atoms with E-state index in [0.29, 0.717) is 31.0 Å². The summed E-state index contributed by atoms with van der Waals surface area (Å²) in [6.45, 7) is 12.1. The molecule has 2 aliphatic rings. The number of likely N-dealkylation sites (N-methyl/N-ethyl adjacent to an activating group) is 1. The number of aromatic nitrogens is 2. The molecule has 18 nitrogen and oxygen atoms in total. The molecule has 418 valence electrons. The average molecular weight is 1100 g/mol. The Morgan fingerprint density at radius 2 is 1.58 bits per heavy atom. The summed E-state index contributed by atoms with van der Waals surface area (Å²) in [5.74, 6) is -3.98. The SMILES string of the molecule is Cc1ncsc1-c1ccc(CNC(=O)[C@@H]2C[C@@H](O)CN2C(=O)C(NC(=O)COCCOCCNC(=O)c2ccc(F)c(-c3ccc(N4C[C@@H](C)N(C)[C@@H](C)C4)c(NC(=O)c4c[nH]c(=O)cc4C(F)(F)F)c3)c2)C(C)(C)C)cc1. The summed E-state index contributed by atoms with van der Waals surface area (Å²) < 4.78 is 68.7. The van der Waals surface area contributed by atoms with Crippen LogP contribution >= 0.6 is 11.3 Å². The molecule has 0 bridgehead atoms. The second-order valence-electron chi connectivity index (χ2n) is 20.6. The van der Waals surface area contributed by atoms with Crippen LogP contribution in [-0.2, 0) is 36.6 Å². The highest BCUT2D eigenvalue weighted by Gasteiger charge is 2.44. The van der Waals surface area contributed by atoms with E-state index >= 15 is 4.39 Å². The second-order valence-corrected chi connectivity index (χ2v) is 21.5. The van der Waals surface area contributed by atoms with Crippen molar-refractivity contribution >= 4 is 52.2 Å². The first-order valence-electron chi connectivity index (χ1n) is 25.4. The largest absolute Gasteiger partial charge is 0.417 e. The first-order valence-corrected chi connectivity index (χ1v) is 26.3. The number of β-amino-alcohol motifs (C(OH)–C–C–N with tert-alkyl or cyclic N) is 1. The van der Waals surface area contributed by atoms with Gasteiger partial charge in [-0.25, -0.2) is 9.37 Å². The van der Waals surface area contributed by atoms with E-state index in [4.69, 9.17) is 9.47 Å². The van der Waals surface area contributed by atoms with Crippen molar-refractivity contribution in [1.29, 1.82) is 0 Å². The molecule has 2 aliphatic heterocycles. The number of benzene rings is 3. The van der Waals surface area contributed by atoms with Crippen LogP contribution in [0.1, 0.15) is 78.6 Å². The monoisotopic (exact) mass is 1100 g/mol. The average Bonchev–Trinajstić information content (AvgIpc) is 4.02. The van der Waals surface area contributed by atoms with Crippen LogP contribution in [-0.4, -0.2) is 144 Å². The molecule has 3 aromatic carbocycles. The molecule has 5 amide bonds. The number of piperazine rings is 1. The van der Waals surface area contributed by atoms with Gasteiger partial charge in [0, 0.05) is 74.6 Å². The smallest absolute Gasteiger partial charge is 0.391 e. The van der Waals surface area contributed by atoms with E-state index in [2.05, 4.69) is 36.1 Å². The number of anilines is 2. The Morgan fingerprint density at radius 1 is 0.885 bits per heavy atom. The van der Waals surface area contributed by atoms with Gasteiger partial charge >= 0.3 is 6.18 Å². The lowest BCUT2D eigenvalue weighted by Gasteiger charge is -2.44. The first kappa shape index (κ1) is 58.6. The van der Waals surface area contributed by atoms with Crippen LogP contribution in [0.4, 0.5) is 28.9 Å². The molecular formula is C55H65F4N9O9S. The molecule has 2 fully saturated rings. The van der Waals surface area contributed by atoms with Crippen LogP contribution in [0.3, 0.4) is 0 Å². The Morgan fingerprint density at radius 3 is 2.24 bits per heavy atom. The van der Waals surface area contributed by atoms with E-state index in [0.717, 1.165) is 27.8 Å². The maximum Gasteiger partial charge on any atom is 0.417 e. The van der Waals surface area contributed by atoms with E-state index < -0.39 is 88.4 Å². The van der Waals surface area contributed by atoms with Gasteiger partial charge in [0.05, 0.1) is 64.5 Å². The molecule has 5 aromatic rings. The minimum Gasteiger partial charge on any atom is -0.391 e. The number of aryl methyl sites for hydroxylation is 1. The first-order chi connectivity index (χ1) is 36.9. The number of ether oxygens (including phenoxy) is 2. The van der Waals surface area contributed by atoms with Gasteiger partial charge in [-0.15, -0.1) is 11.3 Å². The number of alkyl halides is 3. The number of nitrogens with zero attached hydrogens (tertiary/aromatic N) is 4. The molecule has 6 N–H and O–H groups in total. The van der Waals surface area contributed by atoms with Crippen LogP contribution in [0.2, 0.25) is 0 Å². The quantitative estimate of drug-likeness (QED) is 0.0415. The number of aliphatic hydroxyl groups is 1. The third kappa shape index (κ3) is 14.5. The lowest BCUT2D eigenvalue weighted by atomic mass is 9.85. The summed E-state index contributed by atoms with van der Waals surface area (Å²) in [6, 6.07) is 14.5. The molecule has 2 saturated heterocycles. The van der Waals surface area contributed by atoms with E-state index in [9.17, 15) is 47.0 Å². The number of H-pyrrole nitrogens is 1. The van der Waals surface area contributed by atoms with Gasteiger partial charge in [-0.05, 0) is 80.3 Å². The molecule has 23 heteroatoms. The third-order valence-electron chi connectivity index (χ3n) is 13.8. The van der Waals surface area contributed by atoms with Crippen molar-refractivity contribution in [1.82, 2.24) is 35.7 Å². The fraction of sp³-hybridized carbons (Fsp3) is 0.436. The number of halogens is 4. The number of pyridine rings is 1. The topological polar surface area (TPSA) is 228 Å². The molecule has 1 unspecified atom stereocenters. The van der Waals surface area contributed by atoms with Gasteiger partial charge in [-0.2, -0.15) is 13.2 Å². The summed E-state index contributed by atoms with van der Waals surface area (Å²) in [5, 5.41) is 21.5. The van der Waals surface area contributed by atoms with Gasteiger partial charge in [0.1, 0.15) is 24.5 Å². The number of carbonyl (C=O) groups is 5. The van der Waals surface area contributed by atoms with Crippen molar-refractivity contribution in [2.75, 3.05) is 69.9 Å². The molecule has 0 radical (unpaired) electrons. The Kier molecular flexibility index (Phi) is 18.9. The molecule has 5 atom stereocenters. The summed E-state index contributed by atoms with van der Waals surface area (Å²) >= 11 is 1.54. The van der Waals surface area contributed by atoms with E-state index in [1.807, 2.05) is 57.0 Å². The predicted octanol–water partition coefficient (Wildman–Crippen LogP) is 5.98. The highest BCUT2D eigenvalue weighted by atomic mass is 32.1. The van der Waals surface area contributed by atoms with Crippen LogP contribution in [0, 0.1) is 18.2 Å². The van der Waals surface area contributed by atoms with Crippen LogP contribution in [0.15, 0.2) is 83.2 Å². The van der Waals surface area contributed by atoms with Crippen molar-refractivity contribution < 1.29 is 56.1 Å². The molecule has 0 saturated carbocycles. The zero-order valence-electron chi connectivity index (χ0n) is 44.4. The van der Waals surface area contributed by atoms with E-state index in [1.165, 1.54) is 23.1 Å². The summed E-state index contributed by atoms with van der Waals surface area (Å²) in [4.78, 5) is 92.2. The normalized spacial score (nSPS) is 18.4. The number of thiazole rings is 1. The number of amides is 5. The Balaban J connectivity index is 0.891. The minimum absolute atomic E-state index is 0.0204. The maximum absolute atomic E-state index is 15.6. The standard InChI is InChI=1S/C55H65F4N9O9S/c1-31-26-67(27-32(2)66(31)7)44-15-13-36(21-43(44)64-51(73)40-25-61-46(70)23-41(40)55(57,58)59)39-20-37(12-14-42(39)56)50(72)60-16-17-76-18-19-77-29-47(71)65-49(54(4,5)6)53(75)68-28-38(69)22-45(68)52(74)62-24-34-8-10-35(11-9-34)48-33(3)63-30-78-48/h8-15,20-21,23,25,30-32,38,45,49,69H,16-19,22,24,26-29H2,1-7H3,(H,60,72)(H,61,70)(H,62,74)(H,64,73)(H,65,71)/t31-,32+,38-,45+,49?/m1/s1. The van der Waals surface area contributed by atoms with Gasteiger partial charge in [-0.3, -0.25) is 33.7 Å². The zero-order valence-corrected chi connectivity index (χ0v) is 45.2. The number of carbonyl (C=O) groups excluding carboxylic acids is 5. The number of likely N-dealkylation sites (tertiary alicyclic amines) is 1. The van der Waals surface area contributed by atoms with Crippen molar-refractivity contribution in [2.45, 2.75) is 91.0 Å². The van der Waals surface area contributed by atoms with Crippen molar-refractivity contribution in [3.8, 4) is 21.6 Å². The molecule has 0 aliphatic carbocycles. The van der Waals surface area contributed by atoms with Gasteiger partial charge in [0.2, 0.25) is 23.3 Å². The Bertz CT molecular complexity index is 3030. The minimum atomic E-state index is -5.02. The fourth-order valence-corrected chi connectivity index (χ4v) is 10.2. The van der Waals surface area contributed by atoms with Crippen molar-refractivity contribution in [3.05, 3.63) is 123 Å². The van der Waals surface area contributed by atoms with Crippen molar-refractivity contribution in [3.63, 3.8) is 0 Å². The highest BCUT2D eigenvalue weighted by molar-refractivity contribution is 7.13. The molecule has 78 heavy (non-hydrogen) atoms. The summed E-state index contributed by atoms with van der Waals surface area (Å²) in [7, 11) is 1.97. The van der Waals surface area contributed by atoms with Gasteiger partial charge in [0.25, 0.3) is 11.8 Å². The summed E-state index contributed by atoms with van der Waals surface area (Å²) in [5.41, 5.74) is 1.31. The Labute approximate surface area is 452 Å². The predicted molar refractivity (Wildman–Crippen MR) is 286 cm³/mol. The molecular weight excluding hydrogens is 1040 g/mol. The lowest BCUT2D eigenvalue weighted by Crippen LogP contribution is -2.58.